The standard InChI is InChI=1S/C23H30ClN5O4/c1-16-14-27-21(15-26-16)29-22(30)28-19-13-18(24)7-8-20(19)32-11-4-10-25-23(31)33-12-9-17-5-2-3-6-17/h7-8,13-15,17H,2-6,9-12H2,1H3,(H,25,31)(H2,27,28,29,30). The molecule has 10 heteroatoms. The van der Waals surface area contributed by atoms with Gasteiger partial charge in [-0.2, -0.15) is 0 Å². The molecule has 1 aromatic heterocycles. The summed E-state index contributed by atoms with van der Waals surface area (Å²) < 4.78 is 11.0. The van der Waals surface area contributed by atoms with E-state index in [9.17, 15) is 9.59 Å². The molecule has 1 fully saturated rings. The number of halogens is 1. The first-order chi connectivity index (χ1) is 16.0. The molecular formula is C23H30ClN5O4. The Kier molecular flexibility index (Phi) is 9.56. The highest BCUT2D eigenvalue weighted by Crippen LogP contribution is 2.28. The normalized spacial score (nSPS) is 13.4. The van der Waals surface area contributed by atoms with Crippen LogP contribution in [0, 0.1) is 12.8 Å². The van der Waals surface area contributed by atoms with Crippen LogP contribution in [0.4, 0.5) is 21.1 Å². The third-order valence-electron chi connectivity index (χ3n) is 5.29. The number of anilines is 2. The number of alkyl carbamates (subject to hydrolysis) is 1. The zero-order valence-corrected chi connectivity index (χ0v) is 19.5. The van der Waals surface area contributed by atoms with Crippen LogP contribution < -0.4 is 20.7 Å². The van der Waals surface area contributed by atoms with E-state index in [-0.39, 0.29) is 0 Å². The summed E-state index contributed by atoms with van der Waals surface area (Å²) in [4.78, 5) is 32.3. The van der Waals surface area contributed by atoms with Gasteiger partial charge in [-0.3, -0.25) is 10.3 Å². The van der Waals surface area contributed by atoms with Gasteiger partial charge in [0.1, 0.15) is 5.75 Å². The molecule has 178 valence electrons. The van der Waals surface area contributed by atoms with Crippen molar-refractivity contribution in [2.45, 2.75) is 45.4 Å². The van der Waals surface area contributed by atoms with Crippen molar-refractivity contribution >= 4 is 35.2 Å². The predicted molar refractivity (Wildman–Crippen MR) is 127 cm³/mol. The first-order valence-electron chi connectivity index (χ1n) is 11.2. The number of ether oxygens (including phenoxy) is 2. The number of amides is 3. The lowest BCUT2D eigenvalue weighted by atomic mass is 10.1. The van der Waals surface area contributed by atoms with Gasteiger partial charge in [0.05, 0.1) is 37.0 Å². The van der Waals surface area contributed by atoms with E-state index in [0.717, 1.165) is 12.1 Å². The van der Waals surface area contributed by atoms with E-state index < -0.39 is 12.1 Å². The number of nitrogens with one attached hydrogen (secondary N) is 3. The highest BCUT2D eigenvalue weighted by molar-refractivity contribution is 6.31. The van der Waals surface area contributed by atoms with Crippen molar-refractivity contribution in [3.63, 3.8) is 0 Å². The molecular weight excluding hydrogens is 446 g/mol. The number of aromatic nitrogens is 2. The summed E-state index contributed by atoms with van der Waals surface area (Å²) in [7, 11) is 0. The lowest BCUT2D eigenvalue weighted by Crippen LogP contribution is -2.27. The van der Waals surface area contributed by atoms with Crippen LogP contribution in [-0.2, 0) is 4.74 Å². The van der Waals surface area contributed by atoms with Crippen LogP contribution in [-0.4, -0.2) is 41.9 Å². The summed E-state index contributed by atoms with van der Waals surface area (Å²) in [6.07, 6.45) is 9.19. The molecule has 0 aliphatic heterocycles. The number of nitrogens with zero attached hydrogens (tertiary/aromatic N) is 2. The van der Waals surface area contributed by atoms with Gasteiger partial charge in [-0.25, -0.2) is 14.6 Å². The summed E-state index contributed by atoms with van der Waals surface area (Å²) in [6.45, 7) is 3.03. The number of aryl methyl sites for hydroxylation is 1. The number of carbonyl (C=O) groups is 2. The zero-order chi connectivity index (χ0) is 23.5. The third kappa shape index (κ3) is 8.76. The Labute approximate surface area is 198 Å². The fourth-order valence-corrected chi connectivity index (χ4v) is 3.74. The van der Waals surface area contributed by atoms with Gasteiger partial charge >= 0.3 is 12.1 Å². The maximum Gasteiger partial charge on any atom is 0.407 e. The quantitative estimate of drug-likeness (QED) is 0.409. The van der Waals surface area contributed by atoms with Crippen LogP contribution in [0.3, 0.4) is 0 Å². The van der Waals surface area contributed by atoms with E-state index in [1.165, 1.54) is 31.9 Å². The molecule has 1 aliphatic rings. The van der Waals surface area contributed by atoms with Gasteiger partial charge in [0.25, 0.3) is 0 Å². The number of benzene rings is 1. The fourth-order valence-electron chi connectivity index (χ4n) is 3.57. The molecule has 0 saturated heterocycles. The minimum Gasteiger partial charge on any atom is -0.491 e. The Morgan fingerprint density at radius 2 is 1.94 bits per heavy atom. The maximum atomic E-state index is 12.3. The summed E-state index contributed by atoms with van der Waals surface area (Å²) in [5, 5.41) is 8.49. The van der Waals surface area contributed by atoms with Gasteiger partial charge in [0.15, 0.2) is 5.82 Å². The summed E-state index contributed by atoms with van der Waals surface area (Å²) in [6, 6.07) is 4.44. The second kappa shape index (κ2) is 12.8. The molecule has 2 aromatic rings. The van der Waals surface area contributed by atoms with Gasteiger partial charge in [-0.15, -0.1) is 0 Å². The average Bonchev–Trinajstić information content (AvgIpc) is 3.30. The van der Waals surface area contributed by atoms with Crippen LogP contribution in [0.15, 0.2) is 30.6 Å². The first kappa shape index (κ1) is 24.6. The van der Waals surface area contributed by atoms with Gasteiger partial charge in [0.2, 0.25) is 0 Å². The Morgan fingerprint density at radius 1 is 1.12 bits per heavy atom. The Hall–Kier alpha value is -3.07. The molecule has 1 aromatic carbocycles. The van der Waals surface area contributed by atoms with Gasteiger partial charge in [-0.05, 0) is 43.9 Å². The lowest BCUT2D eigenvalue weighted by Gasteiger charge is -2.14. The van der Waals surface area contributed by atoms with Crippen LogP contribution in [0.2, 0.25) is 5.02 Å². The molecule has 0 radical (unpaired) electrons. The van der Waals surface area contributed by atoms with Crippen molar-refractivity contribution in [3.05, 3.63) is 41.3 Å². The Balaban J connectivity index is 1.37. The average molecular weight is 476 g/mol. The molecule has 1 aliphatic carbocycles. The minimum atomic E-state index is -0.498. The molecule has 3 N–H and O–H groups in total. The Morgan fingerprint density at radius 3 is 2.70 bits per heavy atom. The van der Waals surface area contributed by atoms with Crippen molar-refractivity contribution in [1.82, 2.24) is 15.3 Å². The highest BCUT2D eigenvalue weighted by Gasteiger charge is 2.15. The molecule has 3 rings (SSSR count). The van der Waals surface area contributed by atoms with Crippen LogP contribution in [0.25, 0.3) is 0 Å². The number of urea groups is 1. The minimum absolute atomic E-state index is 0.323. The van der Waals surface area contributed by atoms with Crippen LogP contribution in [0.5, 0.6) is 5.75 Å². The second-order valence-corrected chi connectivity index (χ2v) is 8.40. The van der Waals surface area contributed by atoms with Crippen molar-refractivity contribution in [1.29, 1.82) is 0 Å². The SMILES string of the molecule is Cc1cnc(NC(=O)Nc2cc(Cl)ccc2OCCCNC(=O)OCCC2CCCC2)cn1. The van der Waals surface area contributed by atoms with Crippen LogP contribution in [0.1, 0.15) is 44.2 Å². The molecule has 3 amide bonds. The molecule has 1 saturated carbocycles. The largest absolute Gasteiger partial charge is 0.491 e. The molecule has 0 spiro atoms. The van der Waals surface area contributed by atoms with E-state index in [0.29, 0.717) is 54.4 Å². The van der Waals surface area contributed by atoms with Crippen molar-refractivity contribution in [2.75, 3.05) is 30.4 Å². The smallest absolute Gasteiger partial charge is 0.407 e. The van der Waals surface area contributed by atoms with Crippen LogP contribution >= 0.6 is 11.6 Å². The van der Waals surface area contributed by atoms with E-state index in [1.807, 2.05) is 6.92 Å². The second-order valence-electron chi connectivity index (χ2n) is 7.97. The van der Waals surface area contributed by atoms with Crippen molar-refractivity contribution in [3.8, 4) is 5.75 Å². The van der Waals surface area contributed by atoms with E-state index in [2.05, 4.69) is 25.9 Å². The summed E-state index contributed by atoms with van der Waals surface area (Å²) in [5.41, 5.74) is 1.16. The summed E-state index contributed by atoms with van der Waals surface area (Å²) >= 11 is 6.07. The van der Waals surface area contributed by atoms with Crippen molar-refractivity contribution < 1.29 is 19.1 Å². The van der Waals surface area contributed by atoms with Gasteiger partial charge < -0.3 is 20.1 Å². The number of hydrogen-bond donors (Lipinski definition) is 3. The van der Waals surface area contributed by atoms with E-state index >= 15 is 0 Å². The molecule has 0 bridgehead atoms. The summed E-state index contributed by atoms with van der Waals surface area (Å²) in [5.74, 6) is 1.48. The fraction of sp³-hybridized carbons (Fsp3) is 0.478. The molecule has 0 atom stereocenters. The molecule has 33 heavy (non-hydrogen) atoms. The number of carbonyl (C=O) groups excluding carboxylic acids is 2. The Bertz CT molecular complexity index is 920. The molecule has 9 nitrogen and oxygen atoms in total. The monoisotopic (exact) mass is 475 g/mol. The maximum absolute atomic E-state index is 12.3. The van der Waals surface area contributed by atoms with Gasteiger partial charge in [0, 0.05) is 11.6 Å². The first-order valence-corrected chi connectivity index (χ1v) is 11.6. The molecule has 1 heterocycles. The zero-order valence-electron chi connectivity index (χ0n) is 18.7. The van der Waals surface area contributed by atoms with Gasteiger partial charge in [-0.1, -0.05) is 37.3 Å². The third-order valence-corrected chi connectivity index (χ3v) is 5.53. The number of rotatable bonds is 10. The van der Waals surface area contributed by atoms with Crippen molar-refractivity contribution in [2.24, 2.45) is 5.92 Å². The highest BCUT2D eigenvalue weighted by atomic mass is 35.5. The number of hydrogen-bond acceptors (Lipinski definition) is 6. The topological polar surface area (TPSA) is 114 Å². The van der Waals surface area contributed by atoms with E-state index in [1.54, 1.807) is 24.4 Å². The lowest BCUT2D eigenvalue weighted by molar-refractivity contribution is 0.138. The predicted octanol–water partition coefficient (Wildman–Crippen LogP) is 5.16. The van der Waals surface area contributed by atoms with E-state index in [4.69, 9.17) is 21.1 Å². The molecule has 0 unspecified atom stereocenters.